The van der Waals surface area contributed by atoms with Crippen LogP contribution in [0, 0.1) is 17.3 Å². The number of nitrogens with two attached hydrogens (primary N) is 1. The average Bonchev–Trinajstić information content (AvgIpc) is 3.45. The highest BCUT2D eigenvalue weighted by molar-refractivity contribution is 7.89. The summed E-state index contributed by atoms with van der Waals surface area (Å²) in [5.74, 6) is 0.969. The Kier molecular flexibility index (Phi) is 10.6. The van der Waals surface area contributed by atoms with Gasteiger partial charge in [0.2, 0.25) is 10.0 Å². The number of aliphatic hydroxyl groups excluding tert-OH is 1. The van der Waals surface area contributed by atoms with Crippen LogP contribution in [0.25, 0.3) is 11.1 Å². The largest absolute Gasteiger partial charge is 0.396 e. The molecule has 4 rings (SSSR count). The third kappa shape index (κ3) is 7.31. The van der Waals surface area contributed by atoms with Crippen LogP contribution < -0.4 is 5.14 Å². The molecule has 0 amide bonds. The zero-order chi connectivity index (χ0) is 27.7. The van der Waals surface area contributed by atoms with Gasteiger partial charge < -0.3 is 5.11 Å². The van der Waals surface area contributed by atoms with Crippen LogP contribution in [0.1, 0.15) is 94.6 Å². The van der Waals surface area contributed by atoms with Crippen LogP contribution in [-0.2, 0) is 10.0 Å². The molecule has 3 N–H and O–H groups in total. The molecular weight excluding hydrogens is 502 g/mol. The highest BCUT2D eigenvalue weighted by atomic mass is 32.2. The van der Waals surface area contributed by atoms with Crippen molar-refractivity contribution in [2.24, 2.45) is 22.4 Å². The molecule has 2 aliphatic carbocycles. The maximum Gasteiger partial charge on any atom is 0.209 e. The van der Waals surface area contributed by atoms with Crippen LogP contribution in [0.2, 0.25) is 0 Å². The number of rotatable bonds is 16. The molecule has 0 aliphatic heterocycles. The predicted octanol–water partition coefficient (Wildman–Crippen LogP) is 7.75. The van der Waals surface area contributed by atoms with Crippen molar-refractivity contribution in [1.29, 1.82) is 0 Å². The van der Waals surface area contributed by atoms with E-state index in [0.29, 0.717) is 24.9 Å². The molecule has 0 heterocycles. The summed E-state index contributed by atoms with van der Waals surface area (Å²) in [6.45, 7) is 5.08. The maximum atomic E-state index is 11.7. The van der Waals surface area contributed by atoms with E-state index in [0.717, 1.165) is 44.9 Å². The lowest BCUT2D eigenvalue weighted by Crippen LogP contribution is -2.27. The SMILES string of the molecule is C=C(c1ccccc1)C12CCC(CCCS(N)(=O)=O)C1CC(CCCCCCCCCO)=C2c1ccccc1. The van der Waals surface area contributed by atoms with Gasteiger partial charge in [0, 0.05) is 12.0 Å². The zero-order valence-electron chi connectivity index (χ0n) is 23.5. The first-order valence-corrected chi connectivity index (χ1v) is 16.7. The summed E-state index contributed by atoms with van der Waals surface area (Å²) in [7, 11) is -3.44. The average molecular weight is 550 g/mol. The first kappa shape index (κ1) is 29.8. The van der Waals surface area contributed by atoms with Gasteiger partial charge in [-0.05, 0) is 85.5 Å². The molecule has 2 aromatic rings. The van der Waals surface area contributed by atoms with Crippen molar-refractivity contribution < 1.29 is 13.5 Å². The van der Waals surface area contributed by atoms with Gasteiger partial charge in [-0.25, -0.2) is 13.6 Å². The number of unbranched alkanes of at least 4 members (excludes halogenated alkanes) is 6. The van der Waals surface area contributed by atoms with E-state index in [9.17, 15) is 8.42 Å². The van der Waals surface area contributed by atoms with Gasteiger partial charge in [-0.3, -0.25) is 0 Å². The molecule has 4 nitrogen and oxygen atoms in total. The Bertz CT molecular complexity index is 1210. The van der Waals surface area contributed by atoms with Crippen molar-refractivity contribution in [1.82, 2.24) is 0 Å². The van der Waals surface area contributed by atoms with Gasteiger partial charge in [-0.2, -0.15) is 0 Å². The highest BCUT2D eigenvalue weighted by Crippen LogP contribution is 2.68. The first-order chi connectivity index (χ1) is 18.9. The van der Waals surface area contributed by atoms with E-state index < -0.39 is 10.0 Å². The third-order valence-corrected chi connectivity index (χ3v) is 10.1. The molecule has 0 spiro atoms. The molecule has 0 radical (unpaired) electrons. The first-order valence-electron chi connectivity index (χ1n) is 15.0. The summed E-state index contributed by atoms with van der Waals surface area (Å²) in [6, 6.07) is 21.6. The number of fused-ring (bicyclic) bond motifs is 1. The lowest BCUT2D eigenvalue weighted by atomic mass is 9.65. The van der Waals surface area contributed by atoms with Crippen LogP contribution in [0.15, 0.2) is 72.8 Å². The molecule has 39 heavy (non-hydrogen) atoms. The number of primary sulfonamides is 1. The summed E-state index contributed by atoms with van der Waals surface area (Å²) in [5, 5.41) is 14.4. The van der Waals surface area contributed by atoms with Gasteiger partial charge >= 0.3 is 0 Å². The monoisotopic (exact) mass is 549 g/mol. The molecule has 0 aromatic heterocycles. The third-order valence-electron chi connectivity index (χ3n) is 9.24. The Morgan fingerprint density at radius 2 is 1.51 bits per heavy atom. The fraction of sp³-hybridized carbons (Fsp3) is 0.529. The predicted molar refractivity (Wildman–Crippen MR) is 163 cm³/mol. The fourth-order valence-electron chi connectivity index (χ4n) is 7.48. The second-order valence-corrected chi connectivity index (χ2v) is 13.5. The number of hydrogen-bond acceptors (Lipinski definition) is 3. The summed E-state index contributed by atoms with van der Waals surface area (Å²) in [4.78, 5) is 0. The smallest absolute Gasteiger partial charge is 0.209 e. The molecule has 0 bridgehead atoms. The van der Waals surface area contributed by atoms with Crippen molar-refractivity contribution in [2.75, 3.05) is 12.4 Å². The molecule has 1 fully saturated rings. The molecule has 2 aliphatic rings. The zero-order valence-corrected chi connectivity index (χ0v) is 24.3. The molecule has 1 saturated carbocycles. The van der Waals surface area contributed by atoms with Gasteiger partial charge in [0.15, 0.2) is 0 Å². The van der Waals surface area contributed by atoms with E-state index in [2.05, 4.69) is 60.7 Å². The summed E-state index contributed by atoms with van der Waals surface area (Å²) >= 11 is 0. The van der Waals surface area contributed by atoms with E-state index in [1.165, 1.54) is 54.4 Å². The minimum Gasteiger partial charge on any atom is -0.396 e. The van der Waals surface area contributed by atoms with Crippen molar-refractivity contribution in [3.05, 3.63) is 83.9 Å². The van der Waals surface area contributed by atoms with Crippen LogP contribution >= 0.6 is 0 Å². The normalized spacial score (nSPS) is 22.8. The van der Waals surface area contributed by atoms with Crippen LogP contribution in [0.3, 0.4) is 0 Å². The van der Waals surface area contributed by atoms with Gasteiger partial charge in [0.25, 0.3) is 0 Å². The molecule has 2 aromatic carbocycles. The number of aliphatic hydroxyl groups is 1. The minimum atomic E-state index is -3.44. The Morgan fingerprint density at radius 1 is 0.897 bits per heavy atom. The standard InChI is InChI=1S/C34H47NO3S/c1-27(28-16-10-7-11-17-28)34-23-22-29(21-15-25-39(35,37)38)32(34)26-31(33(34)30-18-12-8-13-19-30)20-9-5-3-2-4-6-14-24-36/h7-8,10-13,16-19,29,32,36H,1-6,9,14-15,20-26H2,(H2,35,37,38). The maximum absolute atomic E-state index is 11.7. The highest BCUT2D eigenvalue weighted by Gasteiger charge is 2.56. The molecule has 0 saturated heterocycles. The quantitative estimate of drug-likeness (QED) is 0.210. The Labute approximate surface area is 236 Å². The number of sulfonamides is 1. The number of hydrogen-bond donors (Lipinski definition) is 2. The van der Waals surface area contributed by atoms with Gasteiger partial charge in [-0.1, -0.05) is 105 Å². The molecular formula is C34H47NO3S. The van der Waals surface area contributed by atoms with Crippen LogP contribution in [-0.4, -0.2) is 25.9 Å². The summed E-state index contributed by atoms with van der Waals surface area (Å²) in [5.41, 5.74) is 6.72. The Balaban J connectivity index is 1.61. The van der Waals surface area contributed by atoms with Gasteiger partial charge in [0.05, 0.1) is 5.75 Å². The molecule has 3 atom stereocenters. The lowest BCUT2D eigenvalue weighted by molar-refractivity contribution is 0.282. The van der Waals surface area contributed by atoms with Crippen molar-refractivity contribution in [2.45, 2.75) is 83.5 Å². The topological polar surface area (TPSA) is 80.4 Å². The van der Waals surface area contributed by atoms with Gasteiger partial charge in [-0.15, -0.1) is 0 Å². The summed E-state index contributed by atoms with van der Waals surface area (Å²) < 4.78 is 23.3. The minimum absolute atomic E-state index is 0.0625. The van der Waals surface area contributed by atoms with E-state index in [1.54, 1.807) is 5.57 Å². The fourth-order valence-corrected chi connectivity index (χ4v) is 8.05. The van der Waals surface area contributed by atoms with Crippen LogP contribution in [0.5, 0.6) is 0 Å². The molecule has 212 valence electrons. The van der Waals surface area contributed by atoms with Gasteiger partial charge in [0.1, 0.15) is 0 Å². The Morgan fingerprint density at radius 3 is 2.15 bits per heavy atom. The summed E-state index contributed by atoms with van der Waals surface area (Å²) in [6.07, 6.45) is 14.0. The van der Waals surface area contributed by atoms with E-state index >= 15 is 0 Å². The molecule has 5 heteroatoms. The second kappa shape index (κ2) is 13.9. The lowest BCUT2D eigenvalue weighted by Gasteiger charge is -2.38. The van der Waals surface area contributed by atoms with E-state index in [4.69, 9.17) is 16.8 Å². The van der Waals surface area contributed by atoms with Crippen molar-refractivity contribution in [3.8, 4) is 0 Å². The van der Waals surface area contributed by atoms with E-state index in [1.807, 2.05) is 0 Å². The van der Waals surface area contributed by atoms with E-state index in [-0.39, 0.29) is 11.2 Å². The molecule has 3 unspecified atom stereocenters. The number of allylic oxidation sites excluding steroid dienone is 3. The van der Waals surface area contributed by atoms with Crippen molar-refractivity contribution >= 4 is 21.2 Å². The van der Waals surface area contributed by atoms with Crippen LogP contribution in [0.4, 0.5) is 0 Å². The van der Waals surface area contributed by atoms with Crippen molar-refractivity contribution in [3.63, 3.8) is 0 Å². The number of benzene rings is 2. The Hall–Kier alpha value is -2.21. The second-order valence-electron chi connectivity index (χ2n) is 11.7.